The largest absolute Gasteiger partial charge is 0.457 e. The maximum Gasteiger partial charge on any atom is 0.127 e. The fourth-order valence-corrected chi connectivity index (χ4v) is 1.59. The van der Waals surface area contributed by atoms with Crippen molar-refractivity contribution in [2.75, 3.05) is 0 Å². The van der Waals surface area contributed by atoms with Crippen molar-refractivity contribution in [1.29, 1.82) is 5.26 Å². The van der Waals surface area contributed by atoms with Crippen LogP contribution < -0.4 is 4.74 Å². The number of halogens is 1. The Morgan fingerprint density at radius 1 is 1.06 bits per heavy atom. The van der Waals surface area contributed by atoms with Gasteiger partial charge >= 0.3 is 0 Å². The molecule has 0 saturated carbocycles. The first-order chi connectivity index (χ1) is 8.19. The van der Waals surface area contributed by atoms with Crippen LogP contribution >= 0.6 is 11.6 Å². The second-order valence-corrected chi connectivity index (χ2v) is 4.08. The summed E-state index contributed by atoms with van der Waals surface area (Å²) in [6.07, 6.45) is 0. The summed E-state index contributed by atoms with van der Waals surface area (Å²) in [7, 11) is 0. The van der Waals surface area contributed by atoms with Crippen LogP contribution in [0.15, 0.2) is 42.5 Å². The van der Waals surface area contributed by atoms with Crippen LogP contribution in [0.2, 0.25) is 5.02 Å². The van der Waals surface area contributed by atoms with E-state index in [0.717, 1.165) is 11.3 Å². The summed E-state index contributed by atoms with van der Waals surface area (Å²) in [5.41, 5.74) is 1.56. The molecule has 2 aromatic rings. The number of hydrogen-bond donors (Lipinski definition) is 0. The van der Waals surface area contributed by atoms with Gasteiger partial charge in [-0.3, -0.25) is 0 Å². The molecule has 0 fully saturated rings. The molecule has 2 rings (SSSR count). The van der Waals surface area contributed by atoms with Crippen molar-refractivity contribution in [3.63, 3.8) is 0 Å². The molecule has 0 amide bonds. The fraction of sp³-hybridized carbons (Fsp3) is 0.0714. The third-order valence-electron chi connectivity index (χ3n) is 2.37. The monoisotopic (exact) mass is 243 g/mol. The van der Waals surface area contributed by atoms with Gasteiger partial charge in [-0.05, 0) is 55.0 Å². The Bertz CT molecular complexity index is 570. The second kappa shape index (κ2) is 4.90. The number of ether oxygens (including phenoxy) is 1. The van der Waals surface area contributed by atoms with Gasteiger partial charge in [0.2, 0.25) is 0 Å². The lowest BCUT2D eigenvalue weighted by molar-refractivity contribution is 0.482. The van der Waals surface area contributed by atoms with Crippen LogP contribution in [-0.4, -0.2) is 0 Å². The minimum atomic E-state index is 0.661. The predicted octanol–water partition coefficient (Wildman–Crippen LogP) is 4.31. The Balaban J connectivity index is 2.22. The molecule has 0 bridgehead atoms. The van der Waals surface area contributed by atoms with Crippen molar-refractivity contribution in [3.05, 3.63) is 58.6 Å². The molecule has 0 radical (unpaired) electrons. The van der Waals surface area contributed by atoms with Crippen molar-refractivity contribution in [2.24, 2.45) is 0 Å². The molecule has 0 heterocycles. The molecule has 0 aliphatic heterocycles. The van der Waals surface area contributed by atoms with E-state index in [2.05, 4.69) is 6.07 Å². The zero-order chi connectivity index (χ0) is 12.3. The van der Waals surface area contributed by atoms with Crippen LogP contribution in [0, 0.1) is 18.3 Å². The third-order valence-corrected chi connectivity index (χ3v) is 2.62. The van der Waals surface area contributed by atoms with E-state index in [4.69, 9.17) is 21.6 Å². The Morgan fingerprint density at radius 2 is 1.71 bits per heavy atom. The number of nitriles is 1. The summed E-state index contributed by atoms with van der Waals surface area (Å²) >= 11 is 5.79. The molecule has 0 saturated heterocycles. The topological polar surface area (TPSA) is 33.0 Å². The van der Waals surface area contributed by atoms with Crippen LogP contribution in [0.25, 0.3) is 0 Å². The van der Waals surface area contributed by atoms with Gasteiger partial charge in [-0.2, -0.15) is 5.26 Å². The molecular formula is C14H10ClNO. The number of hydrogen-bond acceptors (Lipinski definition) is 2. The molecule has 0 unspecified atom stereocenters. The van der Waals surface area contributed by atoms with Gasteiger partial charge in [0.1, 0.15) is 11.5 Å². The molecule has 3 heteroatoms. The van der Waals surface area contributed by atoms with Crippen LogP contribution in [-0.2, 0) is 0 Å². The average Bonchev–Trinajstić information content (AvgIpc) is 2.32. The highest BCUT2D eigenvalue weighted by atomic mass is 35.5. The smallest absolute Gasteiger partial charge is 0.127 e. The molecule has 0 aliphatic rings. The molecule has 0 aromatic heterocycles. The Hall–Kier alpha value is -1.98. The first-order valence-corrected chi connectivity index (χ1v) is 5.51. The van der Waals surface area contributed by atoms with E-state index in [0.29, 0.717) is 16.3 Å². The van der Waals surface area contributed by atoms with Crippen molar-refractivity contribution >= 4 is 11.6 Å². The maximum absolute atomic E-state index is 8.82. The summed E-state index contributed by atoms with van der Waals surface area (Å²) in [6.45, 7) is 1.88. The zero-order valence-corrected chi connectivity index (χ0v) is 10.0. The summed E-state index contributed by atoms with van der Waals surface area (Å²) in [4.78, 5) is 0. The van der Waals surface area contributed by atoms with E-state index in [1.807, 2.05) is 13.0 Å². The fourth-order valence-electron chi connectivity index (χ4n) is 1.46. The van der Waals surface area contributed by atoms with Gasteiger partial charge in [0.15, 0.2) is 0 Å². The zero-order valence-electron chi connectivity index (χ0n) is 9.27. The van der Waals surface area contributed by atoms with Gasteiger partial charge in [-0.15, -0.1) is 0 Å². The number of benzene rings is 2. The number of rotatable bonds is 2. The minimum Gasteiger partial charge on any atom is -0.457 e. The SMILES string of the molecule is Cc1cc(Oc2ccc(Cl)cc2)ccc1C#N. The van der Waals surface area contributed by atoms with Crippen molar-refractivity contribution in [3.8, 4) is 17.6 Å². The molecule has 17 heavy (non-hydrogen) atoms. The van der Waals surface area contributed by atoms with Crippen molar-refractivity contribution in [2.45, 2.75) is 6.92 Å². The normalized spacial score (nSPS) is 9.71. The van der Waals surface area contributed by atoms with E-state index in [-0.39, 0.29) is 0 Å². The molecule has 0 N–H and O–H groups in total. The Morgan fingerprint density at radius 3 is 2.29 bits per heavy atom. The molecule has 0 aliphatic carbocycles. The summed E-state index contributed by atoms with van der Waals surface area (Å²) < 4.78 is 5.65. The van der Waals surface area contributed by atoms with Crippen molar-refractivity contribution < 1.29 is 4.74 Å². The van der Waals surface area contributed by atoms with E-state index in [1.54, 1.807) is 36.4 Å². The van der Waals surface area contributed by atoms with Gasteiger partial charge in [-0.1, -0.05) is 11.6 Å². The number of aryl methyl sites for hydroxylation is 1. The third kappa shape index (κ3) is 2.77. The van der Waals surface area contributed by atoms with Crippen LogP contribution in [0.5, 0.6) is 11.5 Å². The predicted molar refractivity (Wildman–Crippen MR) is 67.4 cm³/mol. The highest BCUT2D eigenvalue weighted by Crippen LogP contribution is 2.24. The van der Waals surface area contributed by atoms with Gasteiger partial charge in [0.05, 0.1) is 11.6 Å². The summed E-state index contributed by atoms with van der Waals surface area (Å²) in [5.74, 6) is 1.43. The Labute approximate surface area is 105 Å². The first kappa shape index (κ1) is 11.5. The lowest BCUT2D eigenvalue weighted by Gasteiger charge is -2.07. The van der Waals surface area contributed by atoms with Gasteiger partial charge in [0, 0.05) is 5.02 Å². The maximum atomic E-state index is 8.82. The minimum absolute atomic E-state index is 0.661. The summed E-state index contributed by atoms with van der Waals surface area (Å²) in [5, 5.41) is 9.50. The van der Waals surface area contributed by atoms with Gasteiger partial charge < -0.3 is 4.74 Å². The highest BCUT2D eigenvalue weighted by molar-refractivity contribution is 6.30. The Kier molecular flexibility index (Phi) is 3.32. The number of nitrogens with zero attached hydrogens (tertiary/aromatic N) is 1. The average molecular weight is 244 g/mol. The van der Waals surface area contributed by atoms with Crippen molar-refractivity contribution in [1.82, 2.24) is 0 Å². The molecule has 84 valence electrons. The first-order valence-electron chi connectivity index (χ1n) is 5.13. The molecular weight excluding hydrogens is 234 g/mol. The molecule has 0 spiro atoms. The second-order valence-electron chi connectivity index (χ2n) is 3.64. The molecule has 2 aromatic carbocycles. The highest BCUT2D eigenvalue weighted by Gasteiger charge is 2.01. The van der Waals surface area contributed by atoms with E-state index < -0.39 is 0 Å². The van der Waals surface area contributed by atoms with Crippen LogP contribution in [0.1, 0.15) is 11.1 Å². The standard InChI is InChI=1S/C14H10ClNO/c1-10-8-14(5-2-11(10)9-16)17-13-6-3-12(15)4-7-13/h2-8H,1H3. The van der Waals surface area contributed by atoms with Crippen LogP contribution in [0.3, 0.4) is 0 Å². The van der Waals surface area contributed by atoms with E-state index >= 15 is 0 Å². The lowest BCUT2D eigenvalue weighted by Crippen LogP contribution is -1.87. The van der Waals surface area contributed by atoms with Gasteiger partial charge in [0.25, 0.3) is 0 Å². The van der Waals surface area contributed by atoms with E-state index in [1.165, 1.54) is 0 Å². The summed E-state index contributed by atoms with van der Waals surface area (Å²) in [6, 6.07) is 14.6. The molecule has 2 nitrogen and oxygen atoms in total. The molecule has 0 atom stereocenters. The van der Waals surface area contributed by atoms with Crippen LogP contribution in [0.4, 0.5) is 0 Å². The quantitative estimate of drug-likeness (QED) is 0.787. The lowest BCUT2D eigenvalue weighted by atomic mass is 10.1. The van der Waals surface area contributed by atoms with E-state index in [9.17, 15) is 0 Å². The van der Waals surface area contributed by atoms with Gasteiger partial charge in [-0.25, -0.2) is 0 Å².